The molecule has 1 N–H and O–H groups in total. The average Bonchev–Trinajstić information content (AvgIpc) is 2.65. The minimum absolute atomic E-state index is 0.00713. The molecule has 2 bridgehead atoms. The highest BCUT2D eigenvalue weighted by Crippen LogP contribution is 2.56. The molecular formula is C23H38O5. The van der Waals surface area contributed by atoms with Crippen LogP contribution in [0.5, 0.6) is 0 Å². The van der Waals surface area contributed by atoms with Crippen LogP contribution in [-0.2, 0) is 19.0 Å². The van der Waals surface area contributed by atoms with Crippen molar-refractivity contribution in [3.63, 3.8) is 0 Å². The summed E-state index contributed by atoms with van der Waals surface area (Å²) in [6.07, 6.45) is 3.29. The lowest BCUT2D eigenvalue weighted by Crippen LogP contribution is -2.56. The van der Waals surface area contributed by atoms with Gasteiger partial charge in [0.25, 0.3) is 0 Å². The Morgan fingerprint density at radius 2 is 1.86 bits per heavy atom. The predicted molar refractivity (Wildman–Crippen MR) is 108 cm³/mol. The fraction of sp³-hybridized carbons (Fsp3) is 0.870. The maximum absolute atomic E-state index is 13.9. The van der Waals surface area contributed by atoms with Crippen LogP contribution in [0.4, 0.5) is 0 Å². The van der Waals surface area contributed by atoms with Gasteiger partial charge in [0.2, 0.25) is 5.78 Å². The Labute approximate surface area is 169 Å². The van der Waals surface area contributed by atoms with Gasteiger partial charge in [-0.3, -0.25) is 4.79 Å². The van der Waals surface area contributed by atoms with Crippen LogP contribution in [-0.4, -0.2) is 49.5 Å². The molecule has 0 aromatic rings. The van der Waals surface area contributed by atoms with Gasteiger partial charge >= 0.3 is 0 Å². The van der Waals surface area contributed by atoms with E-state index in [4.69, 9.17) is 14.2 Å². The molecule has 0 radical (unpaired) electrons. The van der Waals surface area contributed by atoms with Crippen molar-refractivity contribution < 1.29 is 24.1 Å². The zero-order valence-electron chi connectivity index (χ0n) is 18.6. The molecule has 0 aromatic heterocycles. The van der Waals surface area contributed by atoms with Crippen LogP contribution < -0.4 is 0 Å². The Morgan fingerprint density at radius 3 is 2.36 bits per heavy atom. The summed E-state index contributed by atoms with van der Waals surface area (Å²) in [4.78, 5) is 13.9. The molecule has 3 rings (SSSR count). The number of ether oxygens (including phenoxy) is 3. The molecule has 5 heteroatoms. The van der Waals surface area contributed by atoms with Gasteiger partial charge in [-0.05, 0) is 44.1 Å². The van der Waals surface area contributed by atoms with E-state index in [-0.39, 0.29) is 23.9 Å². The number of hydrogen-bond acceptors (Lipinski definition) is 5. The number of ketones is 1. The number of hydrogen-bond donors (Lipinski definition) is 1. The van der Waals surface area contributed by atoms with E-state index in [9.17, 15) is 9.90 Å². The summed E-state index contributed by atoms with van der Waals surface area (Å²) in [5, 5.41) is 11.7. The third-order valence-corrected chi connectivity index (χ3v) is 8.20. The largest absolute Gasteiger partial charge is 0.493 e. The van der Waals surface area contributed by atoms with Crippen LogP contribution in [0, 0.1) is 22.7 Å². The van der Waals surface area contributed by atoms with E-state index in [1.54, 1.807) is 14.2 Å². The van der Waals surface area contributed by atoms with Gasteiger partial charge in [0.05, 0.1) is 36.9 Å². The molecule has 0 amide bonds. The van der Waals surface area contributed by atoms with Crippen molar-refractivity contribution in [3.8, 4) is 0 Å². The maximum Gasteiger partial charge on any atom is 0.205 e. The Balaban J connectivity index is 2.07. The molecule has 2 fully saturated rings. The molecule has 6 unspecified atom stereocenters. The molecule has 0 aromatic carbocycles. The molecule has 160 valence electrons. The van der Waals surface area contributed by atoms with Crippen molar-refractivity contribution in [3.05, 3.63) is 11.3 Å². The van der Waals surface area contributed by atoms with Crippen LogP contribution >= 0.6 is 0 Å². The number of allylic oxidation sites excluding steroid dienone is 1. The smallest absolute Gasteiger partial charge is 0.205 e. The summed E-state index contributed by atoms with van der Waals surface area (Å²) >= 11 is 0. The van der Waals surface area contributed by atoms with Gasteiger partial charge in [0.15, 0.2) is 5.76 Å². The first kappa shape index (κ1) is 21.8. The zero-order valence-corrected chi connectivity index (χ0v) is 18.6. The molecule has 5 nitrogen and oxygen atoms in total. The molecule has 1 heterocycles. The molecule has 6 atom stereocenters. The van der Waals surface area contributed by atoms with E-state index < -0.39 is 16.4 Å². The lowest BCUT2D eigenvalue weighted by atomic mass is 9.54. The molecule has 1 saturated carbocycles. The van der Waals surface area contributed by atoms with Gasteiger partial charge in [-0.25, -0.2) is 0 Å². The summed E-state index contributed by atoms with van der Waals surface area (Å²) in [6, 6.07) is 0. The highest BCUT2D eigenvalue weighted by molar-refractivity contribution is 5.99. The van der Waals surface area contributed by atoms with Crippen molar-refractivity contribution in [2.75, 3.05) is 20.8 Å². The second kappa shape index (κ2) is 7.41. The number of fused-ring (bicyclic) bond motifs is 2. The third-order valence-electron chi connectivity index (χ3n) is 8.20. The standard InChI is InChI=1S/C23H38O5/c1-14-8-9-23(25)11-10-22(5,17(26-6)12-16-15(2)13-28-16)20(24)19(27-7)18(14)21(23,3)4/h14-17,25H,8-13H2,1-7H3/b19-18+. The normalized spacial score (nSPS) is 44.3. The van der Waals surface area contributed by atoms with E-state index in [0.717, 1.165) is 25.0 Å². The van der Waals surface area contributed by atoms with Crippen molar-refractivity contribution in [1.82, 2.24) is 0 Å². The predicted octanol–water partition coefficient (Wildman–Crippen LogP) is 3.88. The second-order valence-electron chi connectivity index (χ2n) is 10.1. The number of aliphatic hydroxyl groups is 1. The van der Waals surface area contributed by atoms with Gasteiger partial charge < -0.3 is 19.3 Å². The Hall–Kier alpha value is -0.910. The minimum atomic E-state index is -0.848. The first-order chi connectivity index (χ1) is 13.0. The number of carbonyl (C=O) groups excluding carboxylic acids is 1. The summed E-state index contributed by atoms with van der Waals surface area (Å²) in [6.45, 7) is 11.2. The van der Waals surface area contributed by atoms with E-state index in [1.807, 2.05) is 6.92 Å². The van der Waals surface area contributed by atoms with Crippen molar-refractivity contribution in [2.24, 2.45) is 22.7 Å². The lowest BCUT2D eigenvalue weighted by molar-refractivity contribution is -0.161. The quantitative estimate of drug-likeness (QED) is 0.766. The Morgan fingerprint density at radius 1 is 1.18 bits per heavy atom. The molecule has 0 spiro atoms. The first-order valence-corrected chi connectivity index (χ1v) is 10.7. The topological polar surface area (TPSA) is 65.0 Å². The molecule has 28 heavy (non-hydrogen) atoms. The second-order valence-corrected chi connectivity index (χ2v) is 10.1. The van der Waals surface area contributed by atoms with Gasteiger partial charge in [0, 0.05) is 24.9 Å². The van der Waals surface area contributed by atoms with E-state index >= 15 is 0 Å². The Kier molecular flexibility index (Phi) is 5.76. The molecule has 1 aliphatic heterocycles. The monoisotopic (exact) mass is 394 g/mol. The molecule has 1 saturated heterocycles. The maximum atomic E-state index is 13.9. The molecule has 2 aliphatic carbocycles. The first-order valence-electron chi connectivity index (χ1n) is 10.7. The van der Waals surface area contributed by atoms with E-state index in [0.29, 0.717) is 30.9 Å². The van der Waals surface area contributed by atoms with Crippen LogP contribution in [0.25, 0.3) is 0 Å². The van der Waals surface area contributed by atoms with E-state index in [2.05, 4.69) is 27.7 Å². The number of Topliss-reactive ketones (excluding diaryl/α,β-unsaturated/α-hetero) is 1. The highest BCUT2D eigenvalue weighted by Gasteiger charge is 2.57. The van der Waals surface area contributed by atoms with Gasteiger partial charge in [0.1, 0.15) is 0 Å². The number of methoxy groups -OCH3 is 2. The van der Waals surface area contributed by atoms with Gasteiger partial charge in [-0.15, -0.1) is 0 Å². The summed E-state index contributed by atoms with van der Waals surface area (Å²) in [5.41, 5.74) is -1.14. The van der Waals surface area contributed by atoms with Crippen molar-refractivity contribution in [2.45, 2.75) is 84.5 Å². The number of rotatable bonds is 5. The zero-order chi connectivity index (χ0) is 20.9. The van der Waals surface area contributed by atoms with E-state index in [1.165, 1.54) is 0 Å². The fourth-order valence-electron chi connectivity index (χ4n) is 5.75. The number of carbonyl (C=O) groups is 1. The van der Waals surface area contributed by atoms with Gasteiger partial charge in [-0.1, -0.05) is 27.7 Å². The van der Waals surface area contributed by atoms with Gasteiger partial charge in [-0.2, -0.15) is 0 Å². The highest BCUT2D eigenvalue weighted by atomic mass is 16.5. The lowest BCUT2D eigenvalue weighted by Gasteiger charge is -2.54. The SMILES string of the molecule is CO/C1=C2\C(C)CCC(O)(CCC(C)(C(CC3OCC3C)OC)C1=O)C2(C)C. The van der Waals surface area contributed by atoms with Crippen molar-refractivity contribution in [1.29, 1.82) is 0 Å². The summed E-state index contributed by atoms with van der Waals surface area (Å²) in [7, 11) is 3.25. The van der Waals surface area contributed by atoms with Crippen LogP contribution in [0.2, 0.25) is 0 Å². The van der Waals surface area contributed by atoms with Crippen LogP contribution in [0.3, 0.4) is 0 Å². The van der Waals surface area contributed by atoms with Crippen LogP contribution in [0.1, 0.15) is 66.7 Å². The van der Waals surface area contributed by atoms with Crippen molar-refractivity contribution >= 4 is 5.78 Å². The Bertz CT molecular complexity index is 653. The van der Waals surface area contributed by atoms with Crippen LogP contribution in [0.15, 0.2) is 11.3 Å². The summed E-state index contributed by atoms with van der Waals surface area (Å²) in [5.74, 6) is 1.12. The fourth-order valence-corrected chi connectivity index (χ4v) is 5.75. The summed E-state index contributed by atoms with van der Waals surface area (Å²) < 4.78 is 17.4. The molecule has 3 aliphatic rings. The average molecular weight is 395 g/mol. The minimum Gasteiger partial charge on any atom is -0.493 e. The molecular weight excluding hydrogens is 356 g/mol. The third kappa shape index (κ3) is 3.14.